The van der Waals surface area contributed by atoms with Crippen LogP contribution in [0.15, 0.2) is 48.5 Å². The number of amides is 5. The molecular weight excluding hydrogens is 432 g/mol. The van der Waals surface area contributed by atoms with E-state index < -0.39 is 0 Å². The highest BCUT2D eigenvalue weighted by molar-refractivity contribution is 6.22. The van der Waals surface area contributed by atoms with Crippen molar-refractivity contribution < 1.29 is 19.2 Å². The summed E-state index contributed by atoms with van der Waals surface area (Å²) in [7, 11) is 0. The summed E-state index contributed by atoms with van der Waals surface area (Å²) in [6, 6.07) is 13.7. The van der Waals surface area contributed by atoms with Crippen molar-refractivity contribution in [2.24, 2.45) is 5.92 Å². The number of fused-ring (bicyclic) bond motifs is 1. The van der Waals surface area contributed by atoms with Crippen LogP contribution < -0.4 is 10.6 Å². The van der Waals surface area contributed by atoms with Gasteiger partial charge >= 0.3 is 6.03 Å². The van der Waals surface area contributed by atoms with E-state index in [2.05, 4.69) is 10.6 Å². The Morgan fingerprint density at radius 3 is 2.32 bits per heavy atom. The normalized spacial score (nSPS) is 16.1. The fraction of sp³-hybridized carbons (Fsp3) is 0.385. The summed E-state index contributed by atoms with van der Waals surface area (Å²) in [5.41, 5.74) is 1.74. The van der Waals surface area contributed by atoms with E-state index in [1.165, 1.54) is 11.0 Å². The molecule has 2 aliphatic heterocycles. The first kappa shape index (κ1) is 23.5. The number of urea groups is 1. The molecule has 0 aliphatic carbocycles. The average molecular weight is 463 g/mol. The molecule has 2 N–H and O–H groups in total. The third kappa shape index (κ3) is 5.11. The summed E-state index contributed by atoms with van der Waals surface area (Å²) >= 11 is 0. The van der Waals surface area contributed by atoms with E-state index in [1.54, 1.807) is 17.0 Å². The van der Waals surface area contributed by atoms with Crippen LogP contribution in [0, 0.1) is 5.92 Å². The van der Waals surface area contributed by atoms with Gasteiger partial charge in [-0.1, -0.05) is 32.0 Å². The zero-order valence-corrected chi connectivity index (χ0v) is 19.5. The quantitative estimate of drug-likeness (QED) is 0.639. The fourth-order valence-corrected chi connectivity index (χ4v) is 4.24. The van der Waals surface area contributed by atoms with Crippen LogP contribution in [-0.2, 0) is 0 Å². The molecule has 0 radical (unpaired) electrons. The molecule has 2 aliphatic rings. The van der Waals surface area contributed by atoms with Crippen molar-refractivity contribution in [2.45, 2.75) is 39.2 Å². The van der Waals surface area contributed by atoms with E-state index in [9.17, 15) is 19.2 Å². The van der Waals surface area contributed by atoms with Crippen molar-refractivity contribution in [3.63, 3.8) is 0 Å². The lowest BCUT2D eigenvalue weighted by molar-refractivity contribution is 0.0647. The monoisotopic (exact) mass is 462 g/mol. The first-order chi connectivity index (χ1) is 16.3. The van der Waals surface area contributed by atoms with Gasteiger partial charge in [0.25, 0.3) is 17.7 Å². The van der Waals surface area contributed by atoms with Crippen molar-refractivity contribution in [3.05, 3.63) is 65.2 Å². The topological polar surface area (TPSA) is 98.8 Å². The molecule has 178 valence electrons. The number of anilines is 1. The van der Waals surface area contributed by atoms with E-state index in [0.29, 0.717) is 49.5 Å². The van der Waals surface area contributed by atoms with Gasteiger partial charge in [-0.05, 0) is 55.5 Å². The molecule has 0 spiro atoms. The van der Waals surface area contributed by atoms with Gasteiger partial charge in [0.2, 0.25) is 0 Å². The van der Waals surface area contributed by atoms with E-state index in [-0.39, 0.29) is 35.4 Å². The minimum absolute atomic E-state index is 0.0681. The van der Waals surface area contributed by atoms with Crippen LogP contribution in [0.4, 0.5) is 10.5 Å². The Balaban J connectivity index is 1.32. The van der Waals surface area contributed by atoms with Gasteiger partial charge in [0, 0.05) is 36.9 Å². The summed E-state index contributed by atoms with van der Waals surface area (Å²) in [6.07, 6.45) is 2.01. The molecule has 0 bridgehead atoms. The van der Waals surface area contributed by atoms with Crippen molar-refractivity contribution in [3.8, 4) is 0 Å². The summed E-state index contributed by atoms with van der Waals surface area (Å²) < 4.78 is 0. The van der Waals surface area contributed by atoms with E-state index >= 15 is 0 Å². The van der Waals surface area contributed by atoms with Gasteiger partial charge in [-0.2, -0.15) is 0 Å². The van der Waals surface area contributed by atoms with Crippen molar-refractivity contribution in [2.75, 3.05) is 25.0 Å². The van der Waals surface area contributed by atoms with Gasteiger partial charge in [0.15, 0.2) is 0 Å². The maximum atomic E-state index is 12.8. The molecule has 0 atom stereocenters. The number of piperidine rings is 1. The van der Waals surface area contributed by atoms with Gasteiger partial charge in [-0.15, -0.1) is 0 Å². The van der Waals surface area contributed by atoms with Crippen LogP contribution in [0.25, 0.3) is 0 Å². The van der Waals surface area contributed by atoms with Gasteiger partial charge in [0.1, 0.15) is 0 Å². The molecule has 0 saturated carbocycles. The number of rotatable bonds is 6. The van der Waals surface area contributed by atoms with Crippen LogP contribution in [-0.4, -0.2) is 59.2 Å². The van der Waals surface area contributed by atoms with Crippen LogP contribution >= 0.6 is 0 Å². The molecule has 1 fully saturated rings. The number of para-hydroxylation sites is 1. The first-order valence-corrected chi connectivity index (χ1v) is 11.8. The second-order valence-corrected chi connectivity index (χ2v) is 9.24. The number of benzene rings is 2. The molecule has 2 heterocycles. The van der Waals surface area contributed by atoms with E-state index in [4.69, 9.17) is 0 Å². The lowest BCUT2D eigenvalue weighted by Gasteiger charge is -2.32. The highest BCUT2D eigenvalue weighted by Crippen LogP contribution is 2.25. The average Bonchev–Trinajstić information content (AvgIpc) is 3.07. The van der Waals surface area contributed by atoms with Crippen LogP contribution in [0.2, 0.25) is 0 Å². The number of carbonyl (C=O) groups excluding carboxylic acids is 4. The summed E-state index contributed by atoms with van der Waals surface area (Å²) in [5, 5.41) is 5.89. The lowest BCUT2D eigenvalue weighted by Crippen LogP contribution is -2.47. The zero-order chi connectivity index (χ0) is 24.2. The molecule has 2 aromatic carbocycles. The SMILES string of the molecule is CC(C)CCN1C(=O)c2ccc(C(=O)NC3CCN(C(=O)Nc4ccccc4)CC3)cc2C1=O. The lowest BCUT2D eigenvalue weighted by atomic mass is 10.0. The summed E-state index contributed by atoms with van der Waals surface area (Å²) in [5.74, 6) is -0.542. The minimum atomic E-state index is -0.340. The van der Waals surface area contributed by atoms with Gasteiger partial charge < -0.3 is 15.5 Å². The Labute approximate surface area is 199 Å². The zero-order valence-electron chi connectivity index (χ0n) is 19.5. The molecule has 34 heavy (non-hydrogen) atoms. The fourth-order valence-electron chi connectivity index (χ4n) is 4.24. The molecule has 1 saturated heterocycles. The smallest absolute Gasteiger partial charge is 0.321 e. The van der Waals surface area contributed by atoms with Crippen molar-refractivity contribution in [1.29, 1.82) is 0 Å². The summed E-state index contributed by atoms with van der Waals surface area (Å²) in [6.45, 7) is 5.53. The molecule has 4 rings (SSSR count). The third-order valence-electron chi connectivity index (χ3n) is 6.31. The van der Waals surface area contributed by atoms with E-state index in [0.717, 1.165) is 12.1 Å². The molecule has 5 amide bonds. The number of nitrogens with zero attached hydrogens (tertiary/aromatic N) is 2. The second kappa shape index (κ2) is 10.1. The predicted molar refractivity (Wildman–Crippen MR) is 129 cm³/mol. The van der Waals surface area contributed by atoms with E-state index in [1.807, 2.05) is 44.2 Å². The molecule has 0 aromatic heterocycles. The molecule has 2 aromatic rings. The van der Waals surface area contributed by atoms with Crippen LogP contribution in [0.3, 0.4) is 0 Å². The first-order valence-electron chi connectivity index (χ1n) is 11.8. The molecule has 8 nitrogen and oxygen atoms in total. The summed E-state index contributed by atoms with van der Waals surface area (Å²) in [4.78, 5) is 53.6. The van der Waals surface area contributed by atoms with Crippen molar-refractivity contribution >= 4 is 29.4 Å². The Morgan fingerprint density at radius 1 is 0.971 bits per heavy atom. The van der Waals surface area contributed by atoms with Crippen molar-refractivity contribution in [1.82, 2.24) is 15.1 Å². The largest absolute Gasteiger partial charge is 0.349 e. The third-order valence-corrected chi connectivity index (χ3v) is 6.31. The van der Waals surface area contributed by atoms with Crippen LogP contribution in [0.5, 0.6) is 0 Å². The molecule has 0 unspecified atom stereocenters. The standard InChI is InChI=1S/C26H30N4O4/c1-17(2)10-15-30-24(32)21-9-8-18(16-22(21)25(30)33)23(31)27-20-11-13-29(14-12-20)26(34)28-19-6-4-3-5-7-19/h3-9,16-17,20H,10-15H2,1-2H3,(H,27,31)(H,28,34). The number of imide groups is 1. The van der Waals surface area contributed by atoms with Gasteiger partial charge in [-0.25, -0.2) is 4.79 Å². The second-order valence-electron chi connectivity index (χ2n) is 9.24. The number of likely N-dealkylation sites (tertiary alicyclic amines) is 1. The predicted octanol–water partition coefficient (Wildman–Crippen LogP) is 3.76. The maximum absolute atomic E-state index is 12.8. The maximum Gasteiger partial charge on any atom is 0.321 e. The Kier molecular flexibility index (Phi) is 6.95. The number of nitrogens with one attached hydrogen (secondary N) is 2. The Bertz CT molecular complexity index is 1090. The molecule has 8 heteroatoms. The van der Waals surface area contributed by atoms with Gasteiger partial charge in [-0.3, -0.25) is 19.3 Å². The number of hydrogen-bond acceptors (Lipinski definition) is 4. The highest BCUT2D eigenvalue weighted by Gasteiger charge is 2.36. The highest BCUT2D eigenvalue weighted by atomic mass is 16.2. The Hall–Kier alpha value is -3.68. The number of hydrogen-bond donors (Lipinski definition) is 2. The van der Waals surface area contributed by atoms with Gasteiger partial charge in [0.05, 0.1) is 11.1 Å². The van der Waals surface area contributed by atoms with Crippen LogP contribution in [0.1, 0.15) is 64.2 Å². The Morgan fingerprint density at radius 2 is 1.65 bits per heavy atom. The number of carbonyl (C=O) groups is 4. The minimum Gasteiger partial charge on any atom is -0.349 e. The molecular formula is C26H30N4O4.